The maximum atomic E-state index is 12.4. The van der Waals surface area contributed by atoms with Crippen molar-refractivity contribution in [3.05, 3.63) is 29.8 Å². The van der Waals surface area contributed by atoms with Crippen molar-refractivity contribution in [2.75, 3.05) is 26.7 Å². The first kappa shape index (κ1) is 11.5. The summed E-state index contributed by atoms with van der Waals surface area (Å²) < 4.78 is 5.68. The van der Waals surface area contributed by atoms with E-state index in [1.54, 1.807) is 0 Å². The average molecular weight is 246 g/mol. The number of likely N-dealkylation sites (N-methyl/N-ethyl adjacent to an activating group) is 1. The fourth-order valence-electron chi connectivity index (χ4n) is 2.50. The van der Waals surface area contributed by atoms with E-state index in [9.17, 15) is 4.79 Å². The van der Waals surface area contributed by atoms with Crippen LogP contribution in [0.25, 0.3) is 0 Å². The largest absolute Gasteiger partial charge is 0.492 e. The highest BCUT2D eigenvalue weighted by Gasteiger charge is 2.32. The van der Waals surface area contributed by atoms with Gasteiger partial charge in [-0.1, -0.05) is 18.2 Å². The summed E-state index contributed by atoms with van der Waals surface area (Å²) in [7, 11) is 1.90. The van der Waals surface area contributed by atoms with E-state index in [1.165, 1.54) is 0 Å². The van der Waals surface area contributed by atoms with Crippen molar-refractivity contribution in [2.24, 2.45) is 5.92 Å². The molecular formula is C14H18N2O2. The molecule has 1 aromatic carbocycles. The number of ether oxygens (including phenoxy) is 1. The molecule has 0 spiro atoms. The third-order valence-corrected chi connectivity index (χ3v) is 3.88. The zero-order valence-corrected chi connectivity index (χ0v) is 10.6. The van der Waals surface area contributed by atoms with E-state index in [4.69, 9.17) is 4.74 Å². The first-order valence-electron chi connectivity index (χ1n) is 6.44. The predicted molar refractivity (Wildman–Crippen MR) is 68.6 cm³/mol. The van der Waals surface area contributed by atoms with Gasteiger partial charge in [0.25, 0.3) is 0 Å². The number of carbonyl (C=O) groups is 1. The summed E-state index contributed by atoms with van der Waals surface area (Å²) in [5.74, 6) is 1.09. The highest BCUT2D eigenvalue weighted by Crippen LogP contribution is 2.27. The van der Waals surface area contributed by atoms with Crippen LogP contribution >= 0.6 is 0 Å². The Balaban J connectivity index is 1.69. The first-order valence-corrected chi connectivity index (χ1v) is 6.44. The van der Waals surface area contributed by atoms with E-state index < -0.39 is 0 Å². The molecular weight excluding hydrogens is 228 g/mol. The molecule has 2 aliphatic rings. The number of benzene rings is 1. The van der Waals surface area contributed by atoms with Gasteiger partial charge in [0.05, 0.1) is 12.0 Å². The van der Waals surface area contributed by atoms with E-state index in [0.717, 1.165) is 30.8 Å². The van der Waals surface area contributed by atoms with Gasteiger partial charge in [-0.3, -0.25) is 4.79 Å². The molecule has 1 fully saturated rings. The molecule has 18 heavy (non-hydrogen) atoms. The fourth-order valence-corrected chi connectivity index (χ4v) is 2.50. The topological polar surface area (TPSA) is 41.6 Å². The normalized spacial score (nSPS) is 22.6. The number of amides is 1. The number of carbonyl (C=O) groups excluding carboxylic acids is 1. The molecule has 0 saturated carbocycles. The van der Waals surface area contributed by atoms with Crippen molar-refractivity contribution < 1.29 is 9.53 Å². The van der Waals surface area contributed by atoms with Crippen molar-refractivity contribution in [2.45, 2.75) is 12.5 Å². The van der Waals surface area contributed by atoms with Crippen LogP contribution in [0.2, 0.25) is 0 Å². The van der Waals surface area contributed by atoms with E-state index in [0.29, 0.717) is 12.6 Å². The molecule has 0 radical (unpaired) electrons. The number of rotatable bonds is 2. The molecule has 96 valence electrons. The van der Waals surface area contributed by atoms with Crippen LogP contribution in [0.15, 0.2) is 24.3 Å². The van der Waals surface area contributed by atoms with Crippen LogP contribution in [-0.4, -0.2) is 43.6 Å². The van der Waals surface area contributed by atoms with Gasteiger partial charge < -0.3 is 15.0 Å². The first-order chi connectivity index (χ1) is 8.75. The second kappa shape index (κ2) is 4.61. The molecule has 2 heterocycles. The Morgan fingerprint density at radius 1 is 1.39 bits per heavy atom. The number of fused-ring (bicyclic) bond motifs is 1. The lowest BCUT2D eigenvalue weighted by Crippen LogP contribution is -2.59. The second-order valence-corrected chi connectivity index (χ2v) is 5.08. The standard InChI is InChI=1S/C14H18N2O2/c1-16(12-7-15-8-12)14(17)11-6-10-4-2-3-5-13(10)18-9-11/h2-5,11-12,15H,6-9H2,1H3. The van der Waals surface area contributed by atoms with Crippen molar-refractivity contribution in [3.63, 3.8) is 0 Å². The smallest absolute Gasteiger partial charge is 0.229 e. The van der Waals surface area contributed by atoms with Crippen molar-refractivity contribution in [1.82, 2.24) is 10.2 Å². The van der Waals surface area contributed by atoms with Gasteiger partial charge in [0, 0.05) is 20.1 Å². The SMILES string of the molecule is CN(C(=O)C1COc2ccccc2C1)C1CNC1. The molecule has 1 atom stereocenters. The maximum absolute atomic E-state index is 12.4. The molecule has 2 aliphatic heterocycles. The number of nitrogens with one attached hydrogen (secondary N) is 1. The number of hydrogen-bond acceptors (Lipinski definition) is 3. The van der Waals surface area contributed by atoms with E-state index in [1.807, 2.05) is 36.2 Å². The summed E-state index contributed by atoms with van der Waals surface area (Å²) in [5.41, 5.74) is 1.14. The van der Waals surface area contributed by atoms with Crippen molar-refractivity contribution in [3.8, 4) is 5.75 Å². The van der Waals surface area contributed by atoms with Gasteiger partial charge in [-0.15, -0.1) is 0 Å². The molecule has 1 unspecified atom stereocenters. The van der Waals surface area contributed by atoms with Crippen LogP contribution in [0.3, 0.4) is 0 Å². The minimum atomic E-state index is -0.0366. The molecule has 0 aliphatic carbocycles. The lowest BCUT2D eigenvalue weighted by molar-refractivity contribution is -0.138. The Hall–Kier alpha value is -1.55. The number of nitrogens with zero attached hydrogens (tertiary/aromatic N) is 1. The molecule has 1 N–H and O–H groups in total. The molecule has 1 aromatic rings. The summed E-state index contributed by atoms with van der Waals surface area (Å²) in [5, 5.41) is 3.19. The number of hydrogen-bond donors (Lipinski definition) is 1. The highest BCUT2D eigenvalue weighted by atomic mass is 16.5. The summed E-state index contributed by atoms with van der Waals surface area (Å²) >= 11 is 0. The Morgan fingerprint density at radius 2 is 2.17 bits per heavy atom. The summed E-state index contributed by atoms with van der Waals surface area (Å²) in [6, 6.07) is 8.33. The van der Waals surface area contributed by atoms with Crippen LogP contribution in [-0.2, 0) is 11.2 Å². The van der Waals surface area contributed by atoms with Gasteiger partial charge in [-0.2, -0.15) is 0 Å². The van der Waals surface area contributed by atoms with Gasteiger partial charge >= 0.3 is 0 Å². The van der Waals surface area contributed by atoms with Crippen molar-refractivity contribution >= 4 is 5.91 Å². The second-order valence-electron chi connectivity index (χ2n) is 5.08. The van der Waals surface area contributed by atoms with Crippen LogP contribution in [0, 0.1) is 5.92 Å². The molecule has 0 bridgehead atoms. The minimum absolute atomic E-state index is 0.0366. The van der Waals surface area contributed by atoms with E-state index in [2.05, 4.69) is 5.32 Å². The Bertz CT molecular complexity index is 457. The van der Waals surface area contributed by atoms with Crippen molar-refractivity contribution in [1.29, 1.82) is 0 Å². The molecule has 1 saturated heterocycles. The van der Waals surface area contributed by atoms with Crippen LogP contribution in [0.1, 0.15) is 5.56 Å². The van der Waals surface area contributed by atoms with Gasteiger partial charge in [-0.25, -0.2) is 0 Å². The lowest BCUT2D eigenvalue weighted by atomic mass is 9.95. The lowest BCUT2D eigenvalue weighted by Gasteiger charge is -2.38. The molecule has 3 rings (SSSR count). The highest BCUT2D eigenvalue weighted by molar-refractivity contribution is 5.80. The molecule has 0 aromatic heterocycles. The Kier molecular flexibility index (Phi) is 2.96. The van der Waals surface area contributed by atoms with Gasteiger partial charge in [0.1, 0.15) is 12.4 Å². The average Bonchev–Trinajstić information content (AvgIpc) is 2.35. The monoisotopic (exact) mass is 246 g/mol. The van der Waals surface area contributed by atoms with Crippen LogP contribution in [0.5, 0.6) is 5.75 Å². The zero-order chi connectivity index (χ0) is 12.5. The van der Waals surface area contributed by atoms with Gasteiger partial charge in [-0.05, 0) is 18.1 Å². The quantitative estimate of drug-likeness (QED) is 0.834. The third-order valence-electron chi connectivity index (χ3n) is 3.88. The summed E-state index contributed by atoms with van der Waals surface area (Å²) in [4.78, 5) is 14.2. The van der Waals surface area contributed by atoms with Crippen LogP contribution < -0.4 is 10.1 Å². The maximum Gasteiger partial charge on any atom is 0.229 e. The predicted octanol–water partition coefficient (Wildman–Crippen LogP) is 0.668. The molecule has 4 nitrogen and oxygen atoms in total. The van der Waals surface area contributed by atoms with Gasteiger partial charge in [0.15, 0.2) is 0 Å². The Labute approximate surface area is 107 Å². The molecule has 1 amide bonds. The van der Waals surface area contributed by atoms with Gasteiger partial charge in [0.2, 0.25) is 5.91 Å². The fraction of sp³-hybridized carbons (Fsp3) is 0.500. The van der Waals surface area contributed by atoms with E-state index >= 15 is 0 Å². The molecule has 4 heteroatoms. The van der Waals surface area contributed by atoms with E-state index in [-0.39, 0.29) is 11.8 Å². The van der Waals surface area contributed by atoms with Crippen LogP contribution in [0.4, 0.5) is 0 Å². The minimum Gasteiger partial charge on any atom is -0.492 e. The third kappa shape index (κ3) is 1.97. The zero-order valence-electron chi connectivity index (χ0n) is 10.6. The summed E-state index contributed by atoms with van der Waals surface area (Å²) in [6.45, 7) is 2.32. The Morgan fingerprint density at radius 3 is 2.89 bits per heavy atom. The number of para-hydroxylation sites is 1. The summed E-state index contributed by atoms with van der Waals surface area (Å²) in [6.07, 6.45) is 0.791.